The first-order valence-electron chi connectivity index (χ1n) is 9.29. The predicted octanol–water partition coefficient (Wildman–Crippen LogP) is 4.08. The maximum Gasteiger partial charge on any atom is 0.267 e. The van der Waals surface area contributed by atoms with Gasteiger partial charge in [-0.3, -0.25) is 9.10 Å². The van der Waals surface area contributed by atoms with Crippen molar-refractivity contribution < 1.29 is 17.9 Å². The van der Waals surface area contributed by atoms with Crippen molar-refractivity contribution in [2.24, 2.45) is 0 Å². The summed E-state index contributed by atoms with van der Waals surface area (Å²) in [7, 11) is -3.74. The summed E-state index contributed by atoms with van der Waals surface area (Å²) in [6.07, 6.45) is -1.01. The van der Waals surface area contributed by atoms with Crippen LogP contribution in [0.15, 0.2) is 78.9 Å². The summed E-state index contributed by atoms with van der Waals surface area (Å²) in [4.78, 5) is 12.8. The van der Waals surface area contributed by atoms with E-state index in [1.807, 2.05) is 6.07 Å². The third-order valence-corrected chi connectivity index (χ3v) is 6.60. The van der Waals surface area contributed by atoms with Gasteiger partial charge < -0.3 is 10.1 Å². The van der Waals surface area contributed by atoms with E-state index in [0.29, 0.717) is 27.7 Å². The van der Waals surface area contributed by atoms with Crippen LogP contribution in [0, 0.1) is 0 Å². The van der Waals surface area contributed by atoms with Crippen LogP contribution in [0.1, 0.15) is 5.56 Å². The molecule has 6 nitrogen and oxygen atoms in total. The van der Waals surface area contributed by atoms with Crippen molar-refractivity contribution in [1.82, 2.24) is 0 Å². The van der Waals surface area contributed by atoms with E-state index < -0.39 is 22.0 Å². The highest BCUT2D eigenvalue weighted by Crippen LogP contribution is 2.36. The molecule has 30 heavy (non-hydrogen) atoms. The van der Waals surface area contributed by atoms with E-state index >= 15 is 0 Å². The molecule has 0 radical (unpaired) electrons. The van der Waals surface area contributed by atoms with E-state index in [1.165, 1.54) is 4.31 Å². The van der Waals surface area contributed by atoms with Gasteiger partial charge in [0.2, 0.25) is 10.0 Å². The number of amides is 1. The summed E-state index contributed by atoms with van der Waals surface area (Å²) >= 11 is 5.97. The van der Waals surface area contributed by atoms with Crippen LogP contribution in [0.4, 0.5) is 11.4 Å². The molecular formula is C22H19ClN2O4S. The molecule has 0 fully saturated rings. The van der Waals surface area contributed by atoms with Gasteiger partial charge in [0.1, 0.15) is 5.75 Å². The molecule has 1 atom stereocenters. The lowest BCUT2D eigenvalue weighted by Crippen LogP contribution is -2.49. The van der Waals surface area contributed by atoms with Gasteiger partial charge in [0.05, 0.1) is 18.0 Å². The number of fused-ring (bicyclic) bond motifs is 1. The number of sulfonamides is 1. The summed E-state index contributed by atoms with van der Waals surface area (Å²) in [5.74, 6) is -0.288. The van der Waals surface area contributed by atoms with Crippen molar-refractivity contribution in [2.45, 2.75) is 11.9 Å². The molecule has 1 N–H and O–H groups in total. The standard InChI is InChI=1S/C22H19ClN2O4S/c23-17-9-6-10-18(13-17)24-22(26)21-14-25(19-11-4-5-12-20(19)29-21)30(27,28)15-16-7-2-1-3-8-16/h1-13,21H,14-15H2,(H,24,26). The molecular weight excluding hydrogens is 424 g/mol. The molecule has 154 valence electrons. The van der Waals surface area contributed by atoms with Gasteiger partial charge in [-0.2, -0.15) is 0 Å². The number of nitrogens with zero attached hydrogens (tertiary/aromatic N) is 1. The zero-order chi connectivity index (χ0) is 21.1. The smallest absolute Gasteiger partial charge is 0.267 e. The van der Waals surface area contributed by atoms with Gasteiger partial charge in [0.15, 0.2) is 6.10 Å². The Bertz CT molecular complexity index is 1170. The Morgan fingerprint density at radius 3 is 2.53 bits per heavy atom. The summed E-state index contributed by atoms with van der Waals surface area (Å²) in [6.45, 7) is -0.126. The topological polar surface area (TPSA) is 75.7 Å². The van der Waals surface area contributed by atoms with Crippen LogP contribution in [0.3, 0.4) is 0 Å². The number of benzene rings is 3. The average molecular weight is 443 g/mol. The SMILES string of the molecule is O=C(Nc1cccc(Cl)c1)C1CN(S(=O)(=O)Cc2ccccc2)c2ccccc2O1. The van der Waals surface area contributed by atoms with Crippen LogP contribution in [0.2, 0.25) is 5.02 Å². The second-order valence-corrected chi connectivity index (χ2v) is 9.18. The first-order chi connectivity index (χ1) is 14.4. The molecule has 1 unspecified atom stereocenters. The van der Waals surface area contributed by atoms with Crippen LogP contribution in [0.25, 0.3) is 0 Å². The summed E-state index contributed by atoms with van der Waals surface area (Å²) in [5, 5.41) is 3.22. The van der Waals surface area contributed by atoms with E-state index in [4.69, 9.17) is 16.3 Å². The second-order valence-electron chi connectivity index (χ2n) is 6.85. The second kappa shape index (κ2) is 8.38. The maximum atomic E-state index is 13.2. The molecule has 0 saturated heterocycles. The molecule has 3 aromatic carbocycles. The quantitative estimate of drug-likeness (QED) is 0.646. The lowest BCUT2D eigenvalue weighted by Gasteiger charge is -2.34. The molecule has 1 amide bonds. The number of anilines is 2. The van der Waals surface area contributed by atoms with Crippen molar-refractivity contribution in [1.29, 1.82) is 0 Å². The minimum absolute atomic E-state index is 0.126. The molecule has 0 bridgehead atoms. The number of hydrogen-bond donors (Lipinski definition) is 1. The molecule has 1 aliphatic rings. The lowest BCUT2D eigenvalue weighted by molar-refractivity contribution is -0.122. The minimum Gasteiger partial charge on any atom is -0.476 e. The fourth-order valence-corrected chi connectivity index (χ4v) is 5.03. The third-order valence-electron chi connectivity index (χ3n) is 4.65. The Morgan fingerprint density at radius 2 is 1.77 bits per heavy atom. The van der Waals surface area contributed by atoms with E-state index in [9.17, 15) is 13.2 Å². The molecule has 0 aliphatic carbocycles. The highest BCUT2D eigenvalue weighted by molar-refractivity contribution is 7.92. The number of ether oxygens (including phenoxy) is 1. The average Bonchev–Trinajstić information content (AvgIpc) is 2.73. The van der Waals surface area contributed by atoms with Gasteiger partial charge in [-0.1, -0.05) is 60.1 Å². The largest absolute Gasteiger partial charge is 0.476 e. The van der Waals surface area contributed by atoms with Crippen molar-refractivity contribution in [3.63, 3.8) is 0 Å². The fraction of sp³-hybridized carbons (Fsp3) is 0.136. The van der Waals surface area contributed by atoms with Gasteiger partial charge >= 0.3 is 0 Å². The monoisotopic (exact) mass is 442 g/mol. The van der Waals surface area contributed by atoms with Crippen LogP contribution < -0.4 is 14.4 Å². The molecule has 3 aromatic rings. The molecule has 1 heterocycles. The number of hydrogen-bond acceptors (Lipinski definition) is 4. The molecule has 0 aromatic heterocycles. The molecule has 8 heteroatoms. The van der Waals surface area contributed by atoms with Crippen molar-refractivity contribution in [2.75, 3.05) is 16.2 Å². The van der Waals surface area contributed by atoms with E-state index in [-0.39, 0.29) is 12.3 Å². The maximum absolute atomic E-state index is 13.2. The highest BCUT2D eigenvalue weighted by atomic mass is 35.5. The van der Waals surface area contributed by atoms with Crippen LogP contribution >= 0.6 is 11.6 Å². The Morgan fingerprint density at radius 1 is 1.03 bits per heavy atom. The van der Waals surface area contributed by atoms with Crippen molar-refractivity contribution in [3.05, 3.63) is 89.4 Å². The zero-order valence-electron chi connectivity index (χ0n) is 15.9. The Kier molecular flexibility index (Phi) is 5.65. The highest BCUT2D eigenvalue weighted by Gasteiger charge is 2.36. The first kappa shape index (κ1) is 20.3. The number of nitrogens with one attached hydrogen (secondary N) is 1. The van der Waals surface area contributed by atoms with Gasteiger partial charge in [-0.05, 0) is 35.9 Å². The number of carbonyl (C=O) groups excluding carboxylic acids is 1. The fourth-order valence-electron chi connectivity index (χ4n) is 3.25. The van der Waals surface area contributed by atoms with Crippen LogP contribution in [-0.4, -0.2) is 27.0 Å². The molecule has 0 spiro atoms. The van der Waals surface area contributed by atoms with Gasteiger partial charge in [-0.25, -0.2) is 8.42 Å². The predicted molar refractivity (Wildman–Crippen MR) is 117 cm³/mol. The Labute approximate surface area is 180 Å². The van der Waals surface area contributed by atoms with Crippen LogP contribution in [0.5, 0.6) is 5.75 Å². The van der Waals surface area contributed by atoms with Gasteiger partial charge in [0.25, 0.3) is 5.91 Å². The van der Waals surface area contributed by atoms with E-state index in [0.717, 1.165) is 0 Å². The Balaban J connectivity index is 1.61. The zero-order valence-corrected chi connectivity index (χ0v) is 17.4. The molecule has 4 rings (SSSR count). The number of rotatable bonds is 5. The van der Waals surface area contributed by atoms with E-state index in [2.05, 4.69) is 5.32 Å². The number of halogens is 1. The van der Waals surface area contributed by atoms with E-state index in [1.54, 1.807) is 72.8 Å². The number of carbonyl (C=O) groups is 1. The minimum atomic E-state index is -3.74. The Hall–Kier alpha value is -3.03. The molecule has 1 aliphatic heterocycles. The first-order valence-corrected chi connectivity index (χ1v) is 11.3. The third kappa shape index (κ3) is 4.42. The normalized spacial score (nSPS) is 15.8. The van der Waals surface area contributed by atoms with Crippen molar-refractivity contribution >= 4 is 38.9 Å². The van der Waals surface area contributed by atoms with Crippen LogP contribution in [-0.2, 0) is 20.6 Å². The summed E-state index contributed by atoms with van der Waals surface area (Å²) < 4.78 is 33.5. The van der Waals surface area contributed by atoms with Crippen molar-refractivity contribution in [3.8, 4) is 5.75 Å². The van der Waals surface area contributed by atoms with Gasteiger partial charge in [-0.15, -0.1) is 0 Å². The number of para-hydroxylation sites is 2. The summed E-state index contributed by atoms with van der Waals surface area (Å²) in [6, 6.07) is 22.4. The van der Waals surface area contributed by atoms with Gasteiger partial charge in [0, 0.05) is 10.7 Å². The molecule has 0 saturated carbocycles. The lowest BCUT2D eigenvalue weighted by atomic mass is 10.2. The summed E-state index contributed by atoms with van der Waals surface area (Å²) in [5.41, 5.74) is 1.59.